The van der Waals surface area contributed by atoms with Gasteiger partial charge in [-0.2, -0.15) is 0 Å². The van der Waals surface area contributed by atoms with E-state index in [2.05, 4.69) is 0 Å². The van der Waals surface area contributed by atoms with E-state index in [1.165, 1.54) is 6.92 Å². The molecule has 0 aromatic carbocycles. The number of rotatable bonds is 9. The Morgan fingerprint density at radius 3 is 2.24 bits per heavy atom. The average Bonchev–Trinajstić information content (AvgIpc) is 2.21. The van der Waals surface area contributed by atoms with Crippen LogP contribution in [0.2, 0.25) is 0 Å². The van der Waals surface area contributed by atoms with Crippen LogP contribution in [-0.4, -0.2) is 57.8 Å². The molecule has 0 aromatic rings. The van der Waals surface area contributed by atoms with Crippen LogP contribution in [0, 0.1) is 0 Å². The summed E-state index contributed by atoms with van der Waals surface area (Å²) >= 11 is 0. The predicted octanol–water partition coefficient (Wildman–Crippen LogP) is -0.710. The number of unbranched alkanes of at least 4 members (excludes halogenated alkanes) is 1. The highest BCUT2D eigenvalue weighted by atomic mass is 16.7. The zero-order chi connectivity index (χ0) is 13.4. The van der Waals surface area contributed by atoms with E-state index in [-0.39, 0.29) is 6.61 Å². The van der Waals surface area contributed by atoms with Crippen molar-refractivity contribution in [1.29, 1.82) is 0 Å². The lowest BCUT2D eigenvalue weighted by Crippen LogP contribution is -2.43. The first-order valence-corrected chi connectivity index (χ1v) is 5.44. The quantitative estimate of drug-likeness (QED) is 0.316. The predicted molar refractivity (Wildman–Crippen MR) is 57.1 cm³/mol. The van der Waals surface area contributed by atoms with Gasteiger partial charge in [0.15, 0.2) is 6.10 Å². The number of hydrogen-bond donors (Lipinski definition) is 4. The van der Waals surface area contributed by atoms with Gasteiger partial charge in [-0.15, -0.1) is 0 Å². The van der Waals surface area contributed by atoms with Crippen molar-refractivity contribution in [3.63, 3.8) is 0 Å². The number of aliphatic carboxylic acids is 1. The first-order chi connectivity index (χ1) is 7.90. The number of ether oxygens (including phenoxy) is 2. The van der Waals surface area contributed by atoms with Crippen LogP contribution in [0.5, 0.6) is 0 Å². The van der Waals surface area contributed by atoms with Gasteiger partial charge in [-0.05, 0) is 13.3 Å². The van der Waals surface area contributed by atoms with E-state index >= 15 is 0 Å². The van der Waals surface area contributed by atoms with Crippen molar-refractivity contribution in [1.82, 2.24) is 0 Å². The summed E-state index contributed by atoms with van der Waals surface area (Å²) in [5, 5.41) is 35.8. The molecule has 3 atom stereocenters. The summed E-state index contributed by atoms with van der Waals surface area (Å²) in [6, 6.07) is 0. The molecular weight excluding hydrogens is 232 g/mol. The molecule has 0 aliphatic rings. The standard InChI is InChI=1S/C10H20O7/c1-3-4-5-16-10(9(14)15)17-7(6(2)11)8(12)13/h6-7,9-11,14-15H,3-5H2,1-2H3,(H,12,13). The molecule has 0 saturated heterocycles. The Bertz CT molecular complexity index is 217. The van der Waals surface area contributed by atoms with E-state index in [1.54, 1.807) is 0 Å². The van der Waals surface area contributed by atoms with Gasteiger partial charge in [-0.1, -0.05) is 13.3 Å². The third kappa shape index (κ3) is 6.54. The van der Waals surface area contributed by atoms with E-state index in [1.807, 2.05) is 6.92 Å². The summed E-state index contributed by atoms with van der Waals surface area (Å²) in [4.78, 5) is 10.7. The average molecular weight is 252 g/mol. The zero-order valence-electron chi connectivity index (χ0n) is 9.94. The number of carboxylic acids is 1. The van der Waals surface area contributed by atoms with Crippen molar-refractivity contribution in [2.24, 2.45) is 0 Å². The first-order valence-electron chi connectivity index (χ1n) is 5.44. The zero-order valence-corrected chi connectivity index (χ0v) is 9.94. The third-order valence-corrected chi connectivity index (χ3v) is 1.99. The monoisotopic (exact) mass is 252 g/mol. The number of carboxylic acid groups (broad SMARTS) is 1. The Morgan fingerprint density at radius 1 is 1.29 bits per heavy atom. The van der Waals surface area contributed by atoms with Crippen molar-refractivity contribution in [3.8, 4) is 0 Å². The molecule has 0 radical (unpaired) electrons. The molecule has 0 fully saturated rings. The Morgan fingerprint density at radius 2 is 1.88 bits per heavy atom. The minimum absolute atomic E-state index is 0.213. The number of aliphatic hydroxyl groups excluding tert-OH is 2. The Balaban J connectivity index is 4.34. The highest BCUT2D eigenvalue weighted by Gasteiger charge is 2.30. The fourth-order valence-electron chi connectivity index (χ4n) is 1.06. The van der Waals surface area contributed by atoms with Crippen LogP contribution in [0.4, 0.5) is 0 Å². The lowest BCUT2D eigenvalue weighted by atomic mass is 10.2. The molecule has 0 spiro atoms. The fourth-order valence-corrected chi connectivity index (χ4v) is 1.06. The summed E-state index contributed by atoms with van der Waals surface area (Å²) in [7, 11) is 0. The van der Waals surface area contributed by atoms with E-state index < -0.39 is 30.8 Å². The second kappa shape index (κ2) is 8.37. The van der Waals surface area contributed by atoms with Crippen LogP contribution in [0.1, 0.15) is 26.7 Å². The summed E-state index contributed by atoms with van der Waals surface area (Å²) in [5.74, 6) is -1.40. The highest BCUT2D eigenvalue weighted by Crippen LogP contribution is 2.09. The van der Waals surface area contributed by atoms with Gasteiger partial charge in [-0.25, -0.2) is 4.79 Å². The van der Waals surface area contributed by atoms with Gasteiger partial charge in [0, 0.05) is 6.61 Å². The summed E-state index contributed by atoms with van der Waals surface area (Å²) in [6.07, 6.45) is -4.79. The topological polar surface area (TPSA) is 116 Å². The minimum Gasteiger partial charge on any atom is -0.479 e. The molecule has 17 heavy (non-hydrogen) atoms. The van der Waals surface area contributed by atoms with Crippen LogP contribution >= 0.6 is 0 Å². The van der Waals surface area contributed by atoms with E-state index in [4.69, 9.17) is 29.9 Å². The van der Waals surface area contributed by atoms with Gasteiger partial charge in [0.25, 0.3) is 0 Å². The molecule has 0 amide bonds. The maximum absolute atomic E-state index is 10.7. The second-order valence-electron chi connectivity index (χ2n) is 3.64. The molecule has 0 aromatic heterocycles. The lowest BCUT2D eigenvalue weighted by molar-refractivity contribution is -0.276. The third-order valence-electron chi connectivity index (χ3n) is 1.99. The van der Waals surface area contributed by atoms with Crippen LogP contribution in [0.25, 0.3) is 0 Å². The van der Waals surface area contributed by atoms with E-state index in [0.717, 1.165) is 6.42 Å². The number of hydrogen-bond acceptors (Lipinski definition) is 6. The van der Waals surface area contributed by atoms with Gasteiger partial charge >= 0.3 is 5.97 Å². The second-order valence-corrected chi connectivity index (χ2v) is 3.64. The van der Waals surface area contributed by atoms with Crippen LogP contribution in [-0.2, 0) is 14.3 Å². The van der Waals surface area contributed by atoms with Gasteiger partial charge in [-0.3, -0.25) is 0 Å². The van der Waals surface area contributed by atoms with Crippen LogP contribution in [0.15, 0.2) is 0 Å². The number of aliphatic hydroxyl groups is 3. The van der Waals surface area contributed by atoms with Gasteiger partial charge < -0.3 is 29.9 Å². The Hall–Kier alpha value is -0.730. The van der Waals surface area contributed by atoms with E-state index in [0.29, 0.717) is 6.42 Å². The molecule has 0 saturated carbocycles. The lowest BCUT2D eigenvalue weighted by Gasteiger charge is -2.25. The summed E-state index contributed by atoms with van der Waals surface area (Å²) < 4.78 is 9.79. The van der Waals surface area contributed by atoms with Gasteiger partial charge in [0.05, 0.1) is 6.10 Å². The Kier molecular flexibility index (Phi) is 8.01. The Labute approximate surface area is 99.6 Å². The van der Waals surface area contributed by atoms with E-state index in [9.17, 15) is 4.79 Å². The van der Waals surface area contributed by atoms with Gasteiger partial charge in [0.1, 0.15) is 0 Å². The maximum atomic E-state index is 10.7. The maximum Gasteiger partial charge on any atom is 0.335 e. The molecule has 102 valence electrons. The molecule has 7 nitrogen and oxygen atoms in total. The van der Waals surface area contributed by atoms with Crippen LogP contribution < -0.4 is 0 Å². The fraction of sp³-hybridized carbons (Fsp3) is 0.900. The summed E-state index contributed by atoms with van der Waals surface area (Å²) in [6.45, 7) is 3.36. The largest absolute Gasteiger partial charge is 0.479 e. The molecule has 4 N–H and O–H groups in total. The minimum atomic E-state index is -1.97. The first kappa shape index (κ1) is 16.3. The van der Waals surface area contributed by atoms with Crippen LogP contribution in [0.3, 0.4) is 0 Å². The van der Waals surface area contributed by atoms with Crippen molar-refractivity contribution in [3.05, 3.63) is 0 Å². The molecular formula is C10H20O7. The van der Waals surface area contributed by atoms with Crippen molar-refractivity contribution in [2.45, 2.75) is 51.5 Å². The number of carbonyl (C=O) groups is 1. The molecule has 0 aliphatic heterocycles. The molecule has 0 bridgehead atoms. The molecule has 0 aliphatic carbocycles. The van der Waals surface area contributed by atoms with Crippen molar-refractivity contribution >= 4 is 5.97 Å². The molecule has 7 heteroatoms. The van der Waals surface area contributed by atoms with Crippen molar-refractivity contribution < 1.29 is 34.7 Å². The molecule has 3 unspecified atom stereocenters. The normalized spacial score (nSPS) is 16.8. The highest BCUT2D eigenvalue weighted by molar-refractivity contribution is 5.73. The smallest absolute Gasteiger partial charge is 0.335 e. The SMILES string of the molecule is CCCCOC(OC(C(=O)O)C(C)O)C(O)O. The van der Waals surface area contributed by atoms with Crippen molar-refractivity contribution in [2.75, 3.05) is 6.61 Å². The summed E-state index contributed by atoms with van der Waals surface area (Å²) in [5.41, 5.74) is 0. The molecule has 0 rings (SSSR count). The van der Waals surface area contributed by atoms with Gasteiger partial charge in [0.2, 0.25) is 12.6 Å². The molecule has 0 heterocycles.